The van der Waals surface area contributed by atoms with Gasteiger partial charge in [-0.05, 0) is 16.7 Å². The molecule has 6 nitrogen and oxygen atoms in total. The molecule has 0 aliphatic carbocycles. The van der Waals surface area contributed by atoms with Crippen molar-refractivity contribution in [2.24, 2.45) is 0 Å². The lowest BCUT2D eigenvalue weighted by Crippen LogP contribution is -2.04. The van der Waals surface area contributed by atoms with Crippen LogP contribution in [0, 0.1) is 0 Å². The highest BCUT2D eigenvalue weighted by atomic mass is 32.2. The summed E-state index contributed by atoms with van der Waals surface area (Å²) in [6, 6.07) is 14.6. The topological polar surface area (TPSA) is 96.4 Å². The maximum Gasteiger partial charge on any atom is 0.223 e. The number of benzene rings is 2. The van der Waals surface area contributed by atoms with Crippen LogP contribution >= 0.6 is 11.3 Å². The Balaban J connectivity index is 2.03. The molecule has 140 valence electrons. The van der Waals surface area contributed by atoms with Crippen molar-refractivity contribution in [1.29, 1.82) is 0 Å². The second-order valence-electron chi connectivity index (χ2n) is 5.92. The number of rotatable bonds is 6. The summed E-state index contributed by atoms with van der Waals surface area (Å²) in [6.07, 6.45) is 0. The molecule has 0 aliphatic rings. The summed E-state index contributed by atoms with van der Waals surface area (Å²) in [6.45, 7) is 1.39. The molecule has 0 bridgehead atoms. The number of anilines is 1. The third kappa shape index (κ3) is 4.79. The zero-order valence-electron chi connectivity index (χ0n) is 14.5. The average Bonchev–Trinajstić information content (AvgIpc) is 3.05. The Kier molecular flexibility index (Phi) is 6.00. The Morgan fingerprint density at radius 3 is 2.19 bits per heavy atom. The maximum atomic E-state index is 11.4. The van der Waals surface area contributed by atoms with Crippen LogP contribution in [0.15, 0.2) is 48.5 Å². The van der Waals surface area contributed by atoms with E-state index in [1.807, 2.05) is 36.4 Å². The lowest BCUT2D eigenvalue weighted by atomic mass is 10.0. The van der Waals surface area contributed by atoms with Crippen molar-refractivity contribution in [1.82, 2.24) is 4.98 Å². The quantitative estimate of drug-likeness (QED) is 0.551. The smallest absolute Gasteiger partial charge is 0.223 e. The monoisotopic (exact) mass is 402 g/mol. The van der Waals surface area contributed by atoms with Gasteiger partial charge in [0.15, 0.2) is 5.13 Å². The lowest BCUT2D eigenvalue weighted by Gasteiger charge is -2.05. The molecule has 1 heterocycles. The van der Waals surface area contributed by atoms with Gasteiger partial charge in [-0.25, -0.2) is 13.4 Å². The lowest BCUT2D eigenvalue weighted by molar-refractivity contribution is -0.114. The number of aromatic nitrogens is 1. The predicted molar refractivity (Wildman–Crippen MR) is 107 cm³/mol. The number of hydrogen-bond acceptors (Lipinski definition) is 6. The molecule has 1 amide bonds. The van der Waals surface area contributed by atoms with Gasteiger partial charge in [0.2, 0.25) is 5.91 Å². The first-order valence-electron chi connectivity index (χ1n) is 8.16. The Labute approximate surface area is 162 Å². The molecule has 3 aromatic rings. The van der Waals surface area contributed by atoms with E-state index in [1.165, 1.54) is 18.3 Å². The van der Waals surface area contributed by atoms with Crippen molar-refractivity contribution in [3.05, 3.63) is 59.7 Å². The van der Waals surface area contributed by atoms with Gasteiger partial charge in [0.25, 0.3) is 0 Å². The van der Waals surface area contributed by atoms with Gasteiger partial charge in [-0.3, -0.25) is 4.79 Å². The molecular formula is C19H18N2O4S2. The van der Waals surface area contributed by atoms with Gasteiger partial charge < -0.3 is 10.4 Å². The Hall–Kier alpha value is -2.55. The number of amides is 1. The van der Waals surface area contributed by atoms with E-state index < -0.39 is 10.7 Å². The summed E-state index contributed by atoms with van der Waals surface area (Å²) in [5.74, 6) is -0.197. The summed E-state index contributed by atoms with van der Waals surface area (Å²) in [5, 5.41) is 12.4. The van der Waals surface area contributed by atoms with Gasteiger partial charge >= 0.3 is 0 Å². The zero-order chi connectivity index (χ0) is 19.4. The van der Waals surface area contributed by atoms with Crippen molar-refractivity contribution < 1.29 is 18.3 Å². The second-order valence-corrected chi connectivity index (χ2v) is 7.90. The molecule has 0 atom stereocenters. The van der Waals surface area contributed by atoms with Gasteiger partial charge in [0.1, 0.15) is 10.7 Å². The van der Waals surface area contributed by atoms with Crippen LogP contribution in [0.1, 0.15) is 18.1 Å². The molecule has 0 aliphatic heterocycles. The molecule has 1 aromatic heterocycles. The molecule has 0 saturated carbocycles. The molecule has 0 unspecified atom stereocenters. The van der Waals surface area contributed by atoms with Crippen LogP contribution in [-0.4, -0.2) is 24.4 Å². The minimum atomic E-state index is -2.47. The number of hydrogen-bond donors (Lipinski definition) is 3. The summed E-state index contributed by atoms with van der Waals surface area (Å²) in [4.78, 5) is 16.8. The van der Waals surface area contributed by atoms with E-state index in [0.717, 1.165) is 32.8 Å². The van der Waals surface area contributed by atoms with Gasteiger partial charge in [0, 0.05) is 12.5 Å². The van der Waals surface area contributed by atoms with Crippen LogP contribution in [0.3, 0.4) is 0 Å². The van der Waals surface area contributed by atoms with Gasteiger partial charge in [0.05, 0.1) is 22.9 Å². The SMILES string of the molecule is CC(=O)Nc1nc(-c2ccc(CO)cc2)c(-c2ccc(C[SH](=O)=O)cc2)s1. The maximum absolute atomic E-state index is 11.4. The highest BCUT2D eigenvalue weighted by molar-refractivity contribution is 7.71. The fraction of sp³-hybridized carbons (Fsp3) is 0.158. The number of thiazole rings is 1. The van der Waals surface area contributed by atoms with Crippen LogP contribution in [0.2, 0.25) is 0 Å². The Bertz CT molecular complexity index is 1010. The first kappa shape index (κ1) is 19.2. The van der Waals surface area contributed by atoms with Crippen molar-refractivity contribution >= 4 is 33.1 Å². The van der Waals surface area contributed by atoms with Crippen LogP contribution in [-0.2, 0) is 27.9 Å². The molecule has 27 heavy (non-hydrogen) atoms. The highest BCUT2D eigenvalue weighted by Crippen LogP contribution is 2.39. The molecule has 0 fully saturated rings. The minimum Gasteiger partial charge on any atom is -0.392 e. The molecule has 0 spiro atoms. The number of thiol groups is 1. The number of aliphatic hydroxyl groups excluding tert-OH is 1. The highest BCUT2D eigenvalue weighted by Gasteiger charge is 2.16. The zero-order valence-corrected chi connectivity index (χ0v) is 16.2. The number of nitrogens with one attached hydrogen (secondary N) is 1. The van der Waals surface area contributed by atoms with Gasteiger partial charge in [-0.15, -0.1) is 0 Å². The number of carbonyl (C=O) groups excluding carboxylic acids is 1. The van der Waals surface area contributed by atoms with E-state index in [-0.39, 0.29) is 18.3 Å². The normalized spacial score (nSPS) is 10.9. The summed E-state index contributed by atoms with van der Waals surface area (Å²) < 4.78 is 21.8. The minimum absolute atomic E-state index is 0.00489. The molecular weight excluding hydrogens is 384 g/mol. The van der Waals surface area contributed by atoms with Crippen LogP contribution in [0.25, 0.3) is 21.7 Å². The van der Waals surface area contributed by atoms with Crippen molar-refractivity contribution in [2.75, 3.05) is 5.32 Å². The molecule has 8 heteroatoms. The van der Waals surface area contributed by atoms with E-state index in [9.17, 15) is 18.3 Å². The van der Waals surface area contributed by atoms with Crippen molar-refractivity contribution in [3.8, 4) is 21.7 Å². The number of nitrogens with zero attached hydrogens (tertiary/aromatic N) is 1. The molecule has 0 radical (unpaired) electrons. The molecule has 0 saturated heterocycles. The van der Waals surface area contributed by atoms with Crippen LogP contribution < -0.4 is 5.32 Å². The van der Waals surface area contributed by atoms with E-state index in [0.29, 0.717) is 5.13 Å². The fourth-order valence-corrected chi connectivity index (χ4v) is 4.14. The average molecular weight is 402 g/mol. The first-order valence-corrected chi connectivity index (χ1v) is 10.3. The van der Waals surface area contributed by atoms with E-state index in [4.69, 9.17) is 0 Å². The summed E-state index contributed by atoms with van der Waals surface area (Å²) >= 11 is 1.35. The third-order valence-corrected chi connectivity index (χ3v) is 5.49. The molecule has 2 N–H and O–H groups in total. The second kappa shape index (κ2) is 8.43. The van der Waals surface area contributed by atoms with E-state index >= 15 is 0 Å². The third-order valence-electron chi connectivity index (χ3n) is 3.85. The summed E-state index contributed by atoms with van der Waals surface area (Å²) in [5.41, 5.74) is 3.98. The van der Waals surface area contributed by atoms with Gasteiger partial charge in [-0.2, -0.15) is 0 Å². The van der Waals surface area contributed by atoms with Crippen molar-refractivity contribution in [2.45, 2.75) is 19.3 Å². The Morgan fingerprint density at radius 2 is 1.63 bits per heavy atom. The molecule has 2 aromatic carbocycles. The van der Waals surface area contributed by atoms with Crippen molar-refractivity contribution in [3.63, 3.8) is 0 Å². The van der Waals surface area contributed by atoms with Crippen LogP contribution in [0.4, 0.5) is 5.13 Å². The first-order chi connectivity index (χ1) is 13.0. The van der Waals surface area contributed by atoms with Crippen LogP contribution in [0.5, 0.6) is 0 Å². The Morgan fingerprint density at radius 1 is 1.04 bits per heavy atom. The van der Waals surface area contributed by atoms with E-state index in [1.54, 1.807) is 12.1 Å². The fourth-order valence-electron chi connectivity index (χ4n) is 2.59. The number of carbonyl (C=O) groups is 1. The van der Waals surface area contributed by atoms with Gasteiger partial charge in [-0.1, -0.05) is 59.9 Å². The number of aliphatic hydroxyl groups is 1. The summed E-state index contributed by atoms with van der Waals surface area (Å²) in [7, 11) is -2.47. The predicted octanol–water partition coefficient (Wildman–Crippen LogP) is 3.04. The largest absolute Gasteiger partial charge is 0.392 e. The standard InChI is InChI=1S/C19H18N2O4S2/c1-12(23)20-19-21-17(15-6-2-13(10-22)3-7-15)18(26-19)16-8-4-14(5-9-16)11-27(24)25/h2-9,22,27H,10-11H2,1H3,(H,20,21,23). The molecule has 3 rings (SSSR count). The van der Waals surface area contributed by atoms with E-state index in [2.05, 4.69) is 10.3 Å².